The SMILES string of the molecule is c1ccc2c(c1)Cc1ccncc1C2. The van der Waals surface area contributed by atoms with Crippen molar-refractivity contribution in [2.24, 2.45) is 0 Å². The van der Waals surface area contributed by atoms with Crippen molar-refractivity contribution in [1.82, 2.24) is 4.98 Å². The number of benzene rings is 1. The van der Waals surface area contributed by atoms with E-state index in [1.165, 1.54) is 22.3 Å². The van der Waals surface area contributed by atoms with Gasteiger partial charge in [0.1, 0.15) is 0 Å². The number of hydrogen-bond donors (Lipinski definition) is 0. The molecule has 0 radical (unpaired) electrons. The van der Waals surface area contributed by atoms with Gasteiger partial charge in [-0.3, -0.25) is 4.98 Å². The summed E-state index contributed by atoms with van der Waals surface area (Å²) in [6.07, 6.45) is 5.98. The van der Waals surface area contributed by atoms with Gasteiger partial charge < -0.3 is 0 Å². The molecule has 0 unspecified atom stereocenters. The van der Waals surface area contributed by atoms with E-state index >= 15 is 0 Å². The van der Waals surface area contributed by atoms with Crippen LogP contribution in [0.15, 0.2) is 42.7 Å². The van der Waals surface area contributed by atoms with Gasteiger partial charge in [0.15, 0.2) is 0 Å². The summed E-state index contributed by atoms with van der Waals surface area (Å²) < 4.78 is 0. The molecule has 0 fully saturated rings. The number of hydrogen-bond acceptors (Lipinski definition) is 1. The summed E-state index contributed by atoms with van der Waals surface area (Å²) in [6.45, 7) is 0. The highest BCUT2D eigenvalue weighted by molar-refractivity contribution is 5.43. The van der Waals surface area contributed by atoms with Gasteiger partial charge in [-0.05, 0) is 41.2 Å². The molecule has 0 bridgehead atoms. The van der Waals surface area contributed by atoms with Gasteiger partial charge in [-0.15, -0.1) is 0 Å². The van der Waals surface area contributed by atoms with E-state index in [0.717, 1.165) is 12.8 Å². The average molecular weight is 181 g/mol. The van der Waals surface area contributed by atoms with Crippen LogP contribution in [0, 0.1) is 0 Å². The van der Waals surface area contributed by atoms with Crippen molar-refractivity contribution in [2.45, 2.75) is 12.8 Å². The van der Waals surface area contributed by atoms with Crippen LogP contribution < -0.4 is 0 Å². The Morgan fingerprint density at radius 2 is 1.43 bits per heavy atom. The number of nitrogens with zero attached hydrogens (tertiary/aromatic N) is 1. The van der Waals surface area contributed by atoms with Crippen molar-refractivity contribution in [3.63, 3.8) is 0 Å². The van der Waals surface area contributed by atoms with Crippen LogP contribution in [0.2, 0.25) is 0 Å². The highest BCUT2D eigenvalue weighted by Gasteiger charge is 2.13. The van der Waals surface area contributed by atoms with Gasteiger partial charge in [0.05, 0.1) is 0 Å². The van der Waals surface area contributed by atoms with Gasteiger partial charge in [-0.1, -0.05) is 24.3 Å². The van der Waals surface area contributed by atoms with Crippen LogP contribution in [0.5, 0.6) is 0 Å². The zero-order valence-corrected chi connectivity index (χ0v) is 7.90. The lowest BCUT2D eigenvalue weighted by atomic mass is 9.87. The molecule has 0 atom stereocenters. The molecular weight excluding hydrogens is 170 g/mol. The fraction of sp³-hybridized carbons (Fsp3) is 0.154. The fourth-order valence-corrected chi connectivity index (χ4v) is 2.10. The van der Waals surface area contributed by atoms with Crippen molar-refractivity contribution in [3.05, 3.63) is 65.0 Å². The lowest BCUT2D eigenvalue weighted by Crippen LogP contribution is -2.07. The first-order valence-corrected chi connectivity index (χ1v) is 4.92. The third-order valence-corrected chi connectivity index (χ3v) is 2.88. The molecule has 2 aromatic rings. The smallest absolute Gasteiger partial charge is 0.0306 e. The third kappa shape index (κ3) is 1.13. The van der Waals surface area contributed by atoms with Crippen molar-refractivity contribution in [2.75, 3.05) is 0 Å². The highest BCUT2D eigenvalue weighted by Crippen LogP contribution is 2.25. The van der Waals surface area contributed by atoms with Gasteiger partial charge in [0.2, 0.25) is 0 Å². The van der Waals surface area contributed by atoms with Crippen LogP contribution in [0.1, 0.15) is 22.3 Å². The summed E-state index contributed by atoms with van der Waals surface area (Å²) in [5, 5.41) is 0. The standard InChI is InChI=1S/C13H11N/c1-2-4-11-8-13-9-14-6-5-12(13)7-10(11)3-1/h1-6,9H,7-8H2. The minimum Gasteiger partial charge on any atom is -0.264 e. The van der Waals surface area contributed by atoms with Crippen LogP contribution in [-0.4, -0.2) is 4.98 Å². The third-order valence-electron chi connectivity index (χ3n) is 2.88. The molecule has 14 heavy (non-hydrogen) atoms. The van der Waals surface area contributed by atoms with E-state index in [2.05, 4.69) is 35.3 Å². The second kappa shape index (κ2) is 2.95. The molecule has 1 aromatic heterocycles. The Bertz CT molecular complexity index is 387. The summed E-state index contributed by atoms with van der Waals surface area (Å²) in [5.74, 6) is 0. The lowest BCUT2D eigenvalue weighted by molar-refractivity contribution is 0.982. The Labute approximate surface area is 83.4 Å². The predicted octanol–water partition coefficient (Wildman–Crippen LogP) is 2.58. The molecule has 1 heteroatoms. The summed E-state index contributed by atoms with van der Waals surface area (Å²) >= 11 is 0. The maximum atomic E-state index is 4.17. The summed E-state index contributed by atoms with van der Waals surface area (Å²) in [7, 11) is 0. The van der Waals surface area contributed by atoms with Crippen LogP contribution in [0.4, 0.5) is 0 Å². The Kier molecular flexibility index (Phi) is 1.63. The zero-order valence-electron chi connectivity index (χ0n) is 7.90. The molecule has 1 aliphatic rings. The monoisotopic (exact) mass is 181 g/mol. The second-order valence-electron chi connectivity index (χ2n) is 3.77. The molecule has 0 spiro atoms. The molecule has 0 aliphatic heterocycles. The van der Waals surface area contributed by atoms with Crippen LogP contribution in [0.3, 0.4) is 0 Å². The molecule has 0 amide bonds. The molecule has 0 N–H and O–H groups in total. The van der Waals surface area contributed by atoms with Crippen molar-refractivity contribution in [1.29, 1.82) is 0 Å². The first-order valence-electron chi connectivity index (χ1n) is 4.92. The van der Waals surface area contributed by atoms with E-state index in [9.17, 15) is 0 Å². The van der Waals surface area contributed by atoms with E-state index in [1.807, 2.05) is 12.4 Å². The molecule has 0 saturated carbocycles. The minimum absolute atomic E-state index is 1.04. The maximum Gasteiger partial charge on any atom is 0.0306 e. The van der Waals surface area contributed by atoms with E-state index in [0.29, 0.717) is 0 Å². The minimum atomic E-state index is 1.04. The number of fused-ring (bicyclic) bond motifs is 2. The Morgan fingerprint density at radius 1 is 0.786 bits per heavy atom. The highest BCUT2D eigenvalue weighted by atomic mass is 14.6. The second-order valence-corrected chi connectivity index (χ2v) is 3.77. The van der Waals surface area contributed by atoms with Gasteiger partial charge in [0, 0.05) is 12.4 Å². The first-order chi connectivity index (χ1) is 6.93. The zero-order chi connectivity index (χ0) is 9.38. The summed E-state index contributed by atoms with van der Waals surface area (Å²) in [4.78, 5) is 4.17. The van der Waals surface area contributed by atoms with E-state index in [-0.39, 0.29) is 0 Å². The van der Waals surface area contributed by atoms with Gasteiger partial charge in [0.25, 0.3) is 0 Å². The van der Waals surface area contributed by atoms with E-state index < -0.39 is 0 Å². The van der Waals surface area contributed by atoms with Crippen LogP contribution in [0.25, 0.3) is 0 Å². The largest absolute Gasteiger partial charge is 0.264 e. The Morgan fingerprint density at radius 3 is 2.21 bits per heavy atom. The predicted molar refractivity (Wildman–Crippen MR) is 56.3 cm³/mol. The number of rotatable bonds is 0. The van der Waals surface area contributed by atoms with Crippen molar-refractivity contribution >= 4 is 0 Å². The average Bonchev–Trinajstić information content (AvgIpc) is 2.26. The molecule has 0 saturated heterocycles. The molecular formula is C13H11N. The lowest BCUT2D eigenvalue weighted by Gasteiger charge is -2.18. The van der Waals surface area contributed by atoms with Crippen LogP contribution in [-0.2, 0) is 12.8 Å². The summed E-state index contributed by atoms with van der Waals surface area (Å²) in [6, 6.07) is 10.8. The van der Waals surface area contributed by atoms with E-state index in [4.69, 9.17) is 0 Å². The quantitative estimate of drug-likeness (QED) is 0.519. The topological polar surface area (TPSA) is 12.9 Å². The van der Waals surface area contributed by atoms with Gasteiger partial charge in [-0.25, -0.2) is 0 Å². The Hall–Kier alpha value is -1.63. The number of pyridine rings is 1. The first kappa shape index (κ1) is 7.74. The maximum absolute atomic E-state index is 4.17. The van der Waals surface area contributed by atoms with Crippen molar-refractivity contribution < 1.29 is 0 Å². The summed E-state index contributed by atoms with van der Waals surface area (Å²) in [5.41, 5.74) is 5.73. The molecule has 3 rings (SSSR count). The molecule has 1 nitrogen and oxygen atoms in total. The molecule has 1 heterocycles. The molecule has 68 valence electrons. The van der Waals surface area contributed by atoms with E-state index in [1.54, 1.807) is 0 Å². The van der Waals surface area contributed by atoms with Gasteiger partial charge >= 0.3 is 0 Å². The Balaban J connectivity index is 2.12. The van der Waals surface area contributed by atoms with Crippen LogP contribution >= 0.6 is 0 Å². The van der Waals surface area contributed by atoms with Gasteiger partial charge in [-0.2, -0.15) is 0 Å². The van der Waals surface area contributed by atoms with Crippen molar-refractivity contribution in [3.8, 4) is 0 Å². The normalized spacial score (nSPS) is 13.1. The fourth-order valence-electron chi connectivity index (χ4n) is 2.10. The molecule has 1 aromatic carbocycles. The molecule has 1 aliphatic carbocycles. The number of aromatic nitrogens is 1.